The molecule has 99 heavy (non-hydrogen) atoms. The zero-order valence-electron chi connectivity index (χ0n) is 58.7. The molecule has 0 aliphatic carbocycles. The zero-order chi connectivity index (χ0) is 71.0. The summed E-state index contributed by atoms with van der Waals surface area (Å²) in [5.41, 5.74) is 7.16. The Morgan fingerprint density at radius 2 is 1.45 bits per heavy atom. The van der Waals surface area contributed by atoms with E-state index in [1.165, 1.54) is 53.1 Å². The van der Waals surface area contributed by atoms with Gasteiger partial charge in [-0.25, -0.2) is 14.8 Å². The average Bonchev–Trinajstić information content (AvgIpc) is 1.46. The number of nitrogens with one attached hydrogen (secondary N) is 5. The van der Waals surface area contributed by atoms with Gasteiger partial charge in [-0.05, 0) is 92.8 Å². The maximum Gasteiger partial charge on any atom is 0.405 e. The minimum Gasteiger partial charge on any atom is -0.506 e. The van der Waals surface area contributed by atoms with Gasteiger partial charge >= 0.3 is 6.09 Å². The quantitative estimate of drug-likeness (QED) is 0.00783. The van der Waals surface area contributed by atoms with Crippen molar-refractivity contribution in [3.8, 4) is 23.3 Å². The molecule has 23 nitrogen and oxygen atoms in total. The molecule has 5 aliphatic rings. The van der Waals surface area contributed by atoms with Crippen molar-refractivity contribution in [2.75, 3.05) is 88.0 Å². The Morgan fingerprint density at radius 1 is 0.818 bits per heavy atom. The number of aliphatic hydroxyl groups excluding tert-OH is 1. The molecule has 9 atom stereocenters. The van der Waals surface area contributed by atoms with Crippen LogP contribution in [0.15, 0.2) is 129 Å². The molecule has 0 spiro atoms. The number of aliphatic hydroxyl groups is 1. The van der Waals surface area contributed by atoms with Crippen molar-refractivity contribution in [2.24, 2.45) is 21.6 Å². The monoisotopic (exact) mass is 1420 g/mol. The van der Waals surface area contributed by atoms with Crippen LogP contribution < -0.4 is 42.7 Å². The summed E-state index contributed by atoms with van der Waals surface area (Å²) in [5, 5.41) is 75.8. The van der Waals surface area contributed by atoms with E-state index in [2.05, 4.69) is 118 Å². The van der Waals surface area contributed by atoms with E-state index in [4.69, 9.17) is 34.4 Å². The third kappa shape index (κ3) is 19.5. The minimum atomic E-state index is -2.68. The Balaban J connectivity index is 0.718. The van der Waals surface area contributed by atoms with Gasteiger partial charge in [0.25, 0.3) is 14.2 Å². The Labute approximate surface area is 592 Å². The first-order valence-electron chi connectivity index (χ1n) is 34.5. The minimum absolute atomic E-state index is 0.0448. The second-order valence-corrected chi connectivity index (χ2v) is 33.9. The summed E-state index contributed by atoms with van der Waals surface area (Å²) in [4.78, 5) is 54.4. The number of allylic oxidation sites excluding steroid dienone is 2. The van der Waals surface area contributed by atoms with Gasteiger partial charge in [0, 0.05) is 125 Å². The van der Waals surface area contributed by atoms with Gasteiger partial charge in [0.1, 0.15) is 17.6 Å². The number of ether oxygens (including phenoxy) is 3. The molecule has 0 radical (unpaired) electrons. The lowest BCUT2D eigenvalue weighted by Gasteiger charge is -2.44. The number of aliphatic imine (C=N–C) groups is 2. The van der Waals surface area contributed by atoms with Gasteiger partial charge in [-0.2, -0.15) is 11.8 Å². The topological polar surface area (TPSA) is 312 Å². The summed E-state index contributed by atoms with van der Waals surface area (Å²) >= 11 is 3.43. The Morgan fingerprint density at radius 3 is 2.09 bits per heavy atom. The van der Waals surface area contributed by atoms with Crippen molar-refractivity contribution < 1.29 is 58.6 Å². The summed E-state index contributed by atoms with van der Waals surface area (Å²) in [6.45, 7) is 18.9. The van der Waals surface area contributed by atoms with E-state index in [1.54, 1.807) is 58.1 Å². The van der Waals surface area contributed by atoms with Crippen molar-refractivity contribution >= 4 is 89.5 Å². The number of carbonyl (C=O) groups excluding carboxylic acids is 3. The van der Waals surface area contributed by atoms with Crippen LogP contribution in [-0.2, 0) is 34.8 Å². The average molecular weight is 1420 g/mol. The van der Waals surface area contributed by atoms with E-state index in [9.17, 15) is 39.9 Å². The number of fused-ring (bicyclic) bond motifs is 4. The van der Waals surface area contributed by atoms with Gasteiger partial charge in [0.15, 0.2) is 23.9 Å². The molecule has 5 aliphatic heterocycles. The van der Waals surface area contributed by atoms with Gasteiger partial charge in [0.2, 0.25) is 11.8 Å². The largest absolute Gasteiger partial charge is 0.506 e. The highest BCUT2D eigenvalue weighted by atomic mass is 32.2. The molecule has 2 fully saturated rings. The third-order valence-corrected chi connectivity index (χ3v) is 26.5. The molecule has 1 aromatic heterocycles. The number of thioether (sulfide) groups is 2. The van der Waals surface area contributed by atoms with Crippen molar-refractivity contribution in [2.45, 2.75) is 165 Å². The number of carbonyl (C=O) groups is 3. The Hall–Kier alpha value is -7.59. The number of methoxy groups -OCH3 is 2. The number of amides is 3. The van der Waals surface area contributed by atoms with Gasteiger partial charge < -0.3 is 86.3 Å². The predicted octanol–water partition coefficient (Wildman–Crippen LogP) is 8.38. The summed E-state index contributed by atoms with van der Waals surface area (Å²) in [6, 6.07) is 25.2. The number of hydrogen-bond acceptors (Lipinski definition) is 21. The van der Waals surface area contributed by atoms with Crippen molar-refractivity contribution in [1.29, 1.82) is 0 Å². The fourth-order valence-corrected chi connectivity index (χ4v) is 20.4. The second kappa shape index (κ2) is 35.1. The molecule has 2 saturated heterocycles. The number of hydrogen-bond donors (Lipinski definition) is 11. The van der Waals surface area contributed by atoms with E-state index >= 15 is 0 Å². The molecular formula is C73H103N11O12S2Si. The highest BCUT2D eigenvalue weighted by Gasteiger charge is 2.51. The number of aromatic nitrogens is 1. The number of nitrogens with zero attached hydrogens (tertiary/aromatic N) is 5. The van der Waals surface area contributed by atoms with Crippen molar-refractivity contribution in [1.82, 2.24) is 30.3 Å². The molecule has 6 heterocycles. The number of aromatic hydroxyl groups is 4. The predicted molar refractivity (Wildman–Crippen MR) is 397 cm³/mol. The maximum absolute atomic E-state index is 13.5. The van der Waals surface area contributed by atoms with E-state index in [0.29, 0.717) is 47.3 Å². The van der Waals surface area contributed by atoms with Crippen molar-refractivity contribution in [3.05, 3.63) is 119 Å². The summed E-state index contributed by atoms with van der Waals surface area (Å²) < 4.78 is 25.6. The fraction of sp³-hybridized carbons (Fsp3) is 0.521. The fourth-order valence-electron chi connectivity index (χ4n) is 13.6. The van der Waals surface area contributed by atoms with Gasteiger partial charge in [0.05, 0.1) is 47.2 Å². The maximum atomic E-state index is 13.5. The number of phenols is 2. The molecule has 2 bridgehead atoms. The zero-order valence-corrected chi connectivity index (χ0v) is 61.3. The van der Waals surface area contributed by atoms with Crippen LogP contribution in [0.2, 0.25) is 5.04 Å². The van der Waals surface area contributed by atoms with Crippen LogP contribution in [0.1, 0.15) is 105 Å². The van der Waals surface area contributed by atoms with Crippen LogP contribution in [0.25, 0.3) is 6.08 Å². The van der Waals surface area contributed by atoms with Crippen LogP contribution in [-0.4, -0.2) is 204 Å². The normalized spacial score (nSPS) is 24.7. The van der Waals surface area contributed by atoms with Crippen LogP contribution >= 0.6 is 23.5 Å². The van der Waals surface area contributed by atoms with Crippen LogP contribution in [0.4, 0.5) is 16.2 Å². The van der Waals surface area contributed by atoms with Gasteiger partial charge in [-0.1, -0.05) is 118 Å². The summed E-state index contributed by atoms with van der Waals surface area (Å²) in [5.74, 6) is 2.46. The molecule has 4 aromatic rings. The number of guanidine groups is 2. The van der Waals surface area contributed by atoms with E-state index < -0.39 is 50.7 Å². The number of nitrogens with two attached hydrogens (primary N) is 1. The molecule has 12 N–H and O–H groups in total. The van der Waals surface area contributed by atoms with Gasteiger partial charge in [-0.3, -0.25) is 14.2 Å². The number of primary amides is 1. The van der Waals surface area contributed by atoms with E-state index in [0.717, 1.165) is 75.3 Å². The molecule has 3 aromatic carbocycles. The molecule has 538 valence electrons. The Kier molecular flexibility index (Phi) is 26.8. The molecular weight excluding hydrogens is 1320 g/mol. The number of benzene rings is 3. The van der Waals surface area contributed by atoms with Crippen LogP contribution in [0.5, 0.6) is 23.3 Å². The molecule has 26 heteroatoms. The van der Waals surface area contributed by atoms with Gasteiger partial charge in [-0.15, -0.1) is 11.8 Å². The van der Waals surface area contributed by atoms with E-state index in [-0.39, 0.29) is 107 Å². The lowest BCUT2D eigenvalue weighted by atomic mass is 9.91. The number of rotatable bonds is 24. The lowest BCUT2D eigenvalue weighted by Crippen LogP contribution is -2.67. The number of phenolic OH excluding ortho intramolecular Hbond substituents is 2. The van der Waals surface area contributed by atoms with E-state index in [1.807, 2.05) is 11.8 Å². The smallest absolute Gasteiger partial charge is 0.405 e. The second-order valence-electron chi connectivity index (χ2n) is 27.5. The lowest BCUT2D eigenvalue weighted by molar-refractivity contribution is -0.121. The first kappa shape index (κ1) is 75.6. The molecule has 0 unspecified atom stereocenters. The first-order valence-corrected chi connectivity index (χ1v) is 38.6. The first-order chi connectivity index (χ1) is 47.5. The molecule has 9 rings (SSSR count). The SMILES string of the molecule is CO[C@H]1/C=C\C=C(/C)C(=O)Nc2cc(O)c(NCCCNC(=O)CCCn3c(O)cc(SC[C@H]4CCN5CC[C@H](CSC[C@H]6CCN7CC[C@H](CO[Si](c8ccccc8)(c8ccccc8)C(C)(C)C)N=C7N6)N=C5N4)c3O)c(c2O)/C=C(/C)C[C@H](OC)[C@H](O)[C@@H](C)C=C(C)[C@@H]1OC(N)=O. The highest BCUT2D eigenvalue weighted by molar-refractivity contribution is 7.99. The summed E-state index contributed by atoms with van der Waals surface area (Å²) in [6.07, 6.45) is 8.48. The number of anilines is 2. The standard InChI is InChI=1S/C73H103N11O12S2Si/c1-46-37-56-64(58(85)40-57(66(56)89)81-68(90)47(2)19-16-24-59(93-8)67(96-70(74)92)49(4)39-48(3)65(88)60(38-46)94-9)76-31-18-30-75-62(86)25-17-32-84-63(87)41-61(69(84)91)98-45-53-29-36-83-35-28-52(79-72(83)80-53)44-97-43-51-27-34-82-33-26-50(77-71(82)78-51)42-95-99(73(5,6)7,54-20-12-10-13-21-54)55-22-14-11-15-23-55/h10-16,19-24,37,39-41,48,50-53,59-60,65,67,76,85,87-89,91H,17-18,25-36,38,42-45H2,1-9H3,(H2,74,92)(H,75,86)(H,77,78)(H,79,80)(H,81,90)/b24-16-,46-37-,47-19+,49-39?/t48-,50+,51+,52+,53+,59-,60-,65+,67-/m0/s1. The van der Waals surface area contributed by atoms with Crippen LogP contribution in [0.3, 0.4) is 0 Å². The molecule has 0 saturated carbocycles. The van der Waals surface area contributed by atoms with Crippen molar-refractivity contribution in [3.63, 3.8) is 0 Å². The highest BCUT2D eigenvalue weighted by Crippen LogP contribution is 2.43. The third-order valence-electron chi connectivity index (χ3n) is 19.1. The Bertz CT molecular complexity index is 3560. The summed E-state index contributed by atoms with van der Waals surface area (Å²) in [7, 11) is 0.225. The van der Waals surface area contributed by atoms with Crippen LogP contribution in [0, 0.1) is 5.92 Å². The molecule has 3 amide bonds.